The molecule has 0 amide bonds. The number of nitrogens with zero attached hydrogens (tertiary/aromatic N) is 2. The normalized spacial score (nSPS) is 23.9. The van der Waals surface area contributed by atoms with Gasteiger partial charge in [0, 0.05) is 37.7 Å². The van der Waals surface area contributed by atoms with Crippen molar-refractivity contribution in [2.75, 3.05) is 26.2 Å². The van der Waals surface area contributed by atoms with Gasteiger partial charge in [0.05, 0.1) is 0 Å². The zero-order valence-corrected chi connectivity index (χ0v) is 11.5. The average molecular weight is 278 g/mol. The Morgan fingerprint density at radius 3 is 2.90 bits per heavy atom. The molecule has 108 valence electrons. The lowest BCUT2D eigenvalue weighted by Gasteiger charge is -2.37. The molecule has 1 aromatic rings. The van der Waals surface area contributed by atoms with Crippen LogP contribution in [0, 0.1) is 5.82 Å². The molecule has 20 heavy (non-hydrogen) atoms. The summed E-state index contributed by atoms with van der Waals surface area (Å²) < 4.78 is 13.4. The van der Waals surface area contributed by atoms with Crippen LogP contribution in [0.15, 0.2) is 18.2 Å². The van der Waals surface area contributed by atoms with Crippen molar-refractivity contribution in [1.82, 2.24) is 9.80 Å². The second-order valence-corrected chi connectivity index (χ2v) is 5.80. The maximum absolute atomic E-state index is 13.4. The van der Waals surface area contributed by atoms with Crippen molar-refractivity contribution in [1.29, 1.82) is 0 Å². The third-order valence-electron chi connectivity index (χ3n) is 4.42. The summed E-state index contributed by atoms with van der Waals surface area (Å²) >= 11 is 0. The molecule has 2 saturated heterocycles. The fourth-order valence-electron chi connectivity index (χ4n) is 3.35. The lowest BCUT2D eigenvalue weighted by atomic mass is 9.79. The predicted molar refractivity (Wildman–Crippen MR) is 76.1 cm³/mol. The molecule has 0 aliphatic carbocycles. The summed E-state index contributed by atoms with van der Waals surface area (Å²) in [5.74, 6) is -0.565. The molecule has 0 saturated carbocycles. The topological polar surface area (TPSA) is 46.9 Å². The van der Waals surface area contributed by atoms with Crippen molar-refractivity contribution >= 4 is 12.6 Å². The zero-order valence-electron chi connectivity index (χ0n) is 11.5. The highest BCUT2D eigenvalue weighted by molar-refractivity contribution is 6.58. The van der Waals surface area contributed by atoms with Crippen LogP contribution in [0.25, 0.3) is 0 Å². The van der Waals surface area contributed by atoms with Gasteiger partial charge in [0.15, 0.2) is 0 Å². The molecule has 4 nitrogen and oxygen atoms in total. The number of hydrogen-bond acceptors (Lipinski definition) is 4. The van der Waals surface area contributed by atoms with E-state index in [4.69, 9.17) is 10.0 Å². The molecule has 0 spiro atoms. The molecule has 2 aliphatic heterocycles. The van der Waals surface area contributed by atoms with Gasteiger partial charge in [-0.25, -0.2) is 4.39 Å². The van der Waals surface area contributed by atoms with E-state index < -0.39 is 12.9 Å². The Balaban J connectivity index is 1.67. The highest BCUT2D eigenvalue weighted by Gasteiger charge is 2.30. The summed E-state index contributed by atoms with van der Waals surface area (Å²) in [6.07, 6.45) is 2.55. The summed E-state index contributed by atoms with van der Waals surface area (Å²) in [5.41, 5.74) is 0.892. The van der Waals surface area contributed by atoms with Gasteiger partial charge in [-0.3, -0.25) is 9.80 Å². The molecular formula is C14H20BFN2O2. The van der Waals surface area contributed by atoms with Crippen LogP contribution in [-0.4, -0.2) is 59.2 Å². The summed E-state index contributed by atoms with van der Waals surface area (Å²) in [6, 6.07) is 5.26. The predicted octanol–water partition coefficient (Wildman–Crippen LogP) is -0.214. The van der Waals surface area contributed by atoms with E-state index in [2.05, 4.69) is 9.80 Å². The summed E-state index contributed by atoms with van der Waals surface area (Å²) in [6.45, 7) is 5.13. The van der Waals surface area contributed by atoms with E-state index in [0.717, 1.165) is 31.7 Å². The minimum atomic E-state index is -1.75. The third-order valence-corrected chi connectivity index (χ3v) is 4.42. The second kappa shape index (κ2) is 5.81. The fraction of sp³-hybridized carbons (Fsp3) is 0.571. The Bertz CT molecular complexity index is 486. The van der Waals surface area contributed by atoms with E-state index in [0.29, 0.717) is 6.04 Å². The number of benzene rings is 1. The molecule has 0 bridgehead atoms. The maximum atomic E-state index is 13.4. The molecule has 2 heterocycles. The van der Waals surface area contributed by atoms with Gasteiger partial charge in [0.1, 0.15) is 5.82 Å². The Morgan fingerprint density at radius 2 is 2.10 bits per heavy atom. The molecule has 6 heteroatoms. The zero-order chi connectivity index (χ0) is 14.1. The van der Waals surface area contributed by atoms with Gasteiger partial charge in [-0.2, -0.15) is 0 Å². The fourth-order valence-corrected chi connectivity index (χ4v) is 3.35. The van der Waals surface area contributed by atoms with Crippen molar-refractivity contribution in [3.05, 3.63) is 29.6 Å². The van der Waals surface area contributed by atoms with Crippen molar-refractivity contribution in [2.45, 2.75) is 25.4 Å². The quantitative estimate of drug-likeness (QED) is 0.751. The Morgan fingerprint density at radius 1 is 1.25 bits per heavy atom. The summed E-state index contributed by atoms with van der Waals surface area (Å²) in [7, 11) is -1.75. The average Bonchev–Trinajstić information content (AvgIpc) is 2.88. The molecule has 1 aromatic carbocycles. The molecule has 1 atom stereocenters. The van der Waals surface area contributed by atoms with Gasteiger partial charge >= 0.3 is 7.12 Å². The number of rotatable bonds is 3. The first kappa shape index (κ1) is 14.0. The largest absolute Gasteiger partial charge is 0.491 e. The Labute approximate surface area is 119 Å². The van der Waals surface area contributed by atoms with Gasteiger partial charge in [0.2, 0.25) is 0 Å². The minimum absolute atomic E-state index is 0.0398. The van der Waals surface area contributed by atoms with Gasteiger partial charge in [-0.05, 0) is 31.0 Å². The van der Waals surface area contributed by atoms with Crippen LogP contribution in [-0.2, 0) is 6.54 Å². The highest BCUT2D eigenvalue weighted by atomic mass is 19.1. The van der Waals surface area contributed by atoms with Crippen LogP contribution in [0.3, 0.4) is 0 Å². The Hall–Kier alpha value is -0.945. The first-order valence-corrected chi connectivity index (χ1v) is 7.24. The molecule has 1 unspecified atom stereocenters. The lowest BCUT2D eigenvalue weighted by Crippen LogP contribution is -2.49. The smallest absolute Gasteiger partial charge is 0.423 e. The Kier molecular flexibility index (Phi) is 4.07. The van der Waals surface area contributed by atoms with E-state index in [9.17, 15) is 4.39 Å². The van der Waals surface area contributed by atoms with Gasteiger partial charge < -0.3 is 10.0 Å². The van der Waals surface area contributed by atoms with Crippen LogP contribution in [0.2, 0.25) is 0 Å². The molecule has 3 rings (SSSR count). The highest BCUT2D eigenvalue weighted by Crippen LogP contribution is 2.22. The van der Waals surface area contributed by atoms with Crippen molar-refractivity contribution in [2.24, 2.45) is 0 Å². The van der Waals surface area contributed by atoms with Crippen molar-refractivity contribution < 1.29 is 14.4 Å². The van der Waals surface area contributed by atoms with Crippen LogP contribution >= 0.6 is 0 Å². The number of halogens is 1. The van der Waals surface area contributed by atoms with E-state index in [1.807, 2.05) is 0 Å². The summed E-state index contributed by atoms with van der Waals surface area (Å²) in [5, 5.41) is 18.3. The molecule has 0 aromatic heterocycles. The van der Waals surface area contributed by atoms with Crippen molar-refractivity contribution in [3.8, 4) is 0 Å². The lowest BCUT2D eigenvalue weighted by molar-refractivity contribution is 0.0994. The number of hydrogen-bond donors (Lipinski definition) is 2. The van der Waals surface area contributed by atoms with Crippen LogP contribution in [0.1, 0.15) is 18.4 Å². The van der Waals surface area contributed by atoms with E-state index >= 15 is 0 Å². The van der Waals surface area contributed by atoms with Gasteiger partial charge in [-0.15, -0.1) is 0 Å². The van der Waals surface area contributed by atoms with Crippen LogP contribution in [0.4, 0.5) is 4.39 Å². The van der Waals surface area contributed by atoms with Crippen molar-refractivity contribution in [3.63, 3.8) is 0 Å². The van der Waals surface area contributed by atoms with Crippen LogP contribution < -0.4 is 5.46 Å². The minimum Gasteiger partial charge on any atom is -0.423 e. The van der Waals surface area contributed by atoms with Gasteiger partial charge in [-0.1, -0.05) is 12.1 Å². The molecule has 2 aliphatic rings. The number of piperazine rings is 1. The van der Waals surface area contributed by atoms with E-state index in [1.165, 1.54) is 25.5 Å². The summed E-state index contributed by atoms with van der Waals surface area (Å²) in [4.78, 5) is 4.91. The molecule has 2 fully saturated rings. The monoisotopic (exact) mass is 278 g/mol. The number of fused-ring (bicyclic) bond motifs is 1. The molecular weight excluding hydrogens is 258 g/mol. The maximum Gasteiger partial charge on any atom is 0.491 e. The SMILES string of the molecule is OB(O)c1cc(CN2CCN3CCCC3C2)ccc1F. The van der Waals surface area contributed by atoms with E-state index in [1.54, 1.807) is 12.1 Å². The molecule has 0 radical (unpaired) electrons. The molecule has 2 N–H and O–H groups in total. The first-order chi connectivity index (χ1) is 9.63. The van der Waals surface area contributed by atoms with Crippen LogP contribution in [0.5, 0.6) is 0 Å². The third kappa shape index (κ3) is 2.88. The second-order valence-electron chi connectivity index (χ2n) is 5.80. The van der Waals surface area contributed by atoms with Gasteiger partial charge in [0.25, 0.3) is 0 Å². The standard InChI is InChI=1S/C14H20BFN2O2/c16-14-4-3-11(8-13(14)15(19)20)9-17-6-7-18-5-1-2-12(18)10-17/h3-4,8,12,19-20H,1-2,5-7,9-10H2. The first-order valence-electron chi connectivity index (χ1n) is 7.24. The van der Waals surface area contributed by atoms with E-state index in [-0.39, 0.29) is 5.46 Å².